The first-order valence-corrected chi connectivity index (χ1v) is 7.65. The van der Waals surface area contributed by atoms with Crippen molar-refractivity contribution in [1.82, 2.24) is 9.71 Å². The second kappa shape index (κ2) is 5.01. The Labute approximate surface area is 109 Å². The Morgan fingerprint density at radius 1 is 1.41 bits per heavy atom. The average molecular weight is 320 g/mol. The van der Waals surface area contributed by atoms with Gasteiger partial charge in [-0.25, -0.2) is 13.1 Å². The highest BCUT2D eigenvalue weighted by molar-refractivity contribution is 9.10. The van der Waals surface area contributed by atoms with Crippen molar-refractivity contribution in [3.8, 4) is 0 Å². The molecule has 1 aromatic heterocycles. The number of nitrogens with zero attached hydrogens (tertiary/aromatic N) is 1. The van der Waals surface area contributed by atoms with E-state index in [1.807, 2.05) is 0 Å². The Morgan fingerprint density at radius 2 is 2.18 bits per heavy atom. The zero-order valence-electron chi connectivity index (χ0n) is 9.14. The molecule has 1 saturated carbocycles. The monoisotopic (exact) mass is 319 g/mol. The van der Waals surface area contributed by atoms with Crippen LogP contribution in [-0.2, 0) is 10.0 Å². The molecule has 1 fully saturated rings. The number of nitrogens with one attached hydrogen (secondary N) is 1. The third kappa shape index (κ3) is 3.04. The fraction of sp³-hybridized carbons (Fsp3) is 0.500. The summed E-state index contributed by atoms with van der Waals surface area (Å²) in [6.07, 6.45) is 5.49. The van der Waals surface area contributed by atoms with E-state index in [0.29, 0.717) is 4.47 Å². The van der Waals surface area contributed by atoms with Gasteiger partial charge in [0.25, 0.3) is 0 Å². The highest BCUT2D eigenvalue weighted by Gasteiger charge is 2.28. The summed E-state index contributed by atoms with van der Waals surface area (Å²) in [6, 6.07) is 1.26. The predicted octanol–water partition coefficient (Wildman–Crippen LogP) is 1.00. The van der Waals surface area contributed by atoms with Crippen molar-refractivity contribution in [3.63, 3.8) is 0 Å². The molecule has 2 unspecified atom stereocenters. The third-order valence-electron chi connectivity index (χ3n) is 2.87. The standard InChI is InChI=1S/C10H14BrN3O2S/c11-7-4-8(6-13-5-7)17(15,16)14-10-3-1-2-9(10)12/h4-6,9-10,14H,1-3,12H2. The molecule has 3 N–H and O–H groups in total. The van der Waals surface area contributed by atoms with Crippen LogP contribution in [-0.4, -0.2) is 25.5 Å². The van der Waals surface area contributed by atoms with Crippen molar-refractivity contribution in [2.75, 3.05) is 0 Å². The van der Waals surface area contributed by atoms with Gasteiger partial charge in [-0.3, -0.25) is 4.98 Å². The first-order valence-electron chi connectivity index (χ1n) is 5.37. The number of rotatable bonds is 3. The Kier molecular flexibility index (Phi) is 3.82. The molecular formula is C10H14BrN3O2S. The van der Waals surface area contributed by atoms with E-state index in [-0.39, 0.29) is 17.0 Å². The molecule has 1 aromatic rings. The van der Waals surface area contributed by atoms with Crippen LogP contribution in [0.15, 0.2) is 27.8 Å². The van der Waals surface area contributed by atoms with Crippen molar-refractivity contribution < 1.29 is 8.42 Å². The van der Waals surface area contributed by atoms with E-state index in [9.17, 15) is 8.42 Å². The molecule has 1 aliphatic rings. The number of halogens is 1. The molecule has 0 saturated heterocycles. The van der Waals surface area contributed by atoms with Gasteiger partial charge in [0.2, 0.25) is 10.0 Å². The second-order valence-corrected chi connectivity index (χ2v) is 6.79. The zero-order valence-corrected chi connectivity index (χ0v) is 11.5. The van der Waals surface area contributed by atoms with Crippen LogP contribution in [0.25, 0.3) is 0 Å². The molecule has 0 amide bonds. The van der Waals surface area contributed by atoms with E-state index in [0.717, 1.165) is 19.3 Å². The van der Waals surface area contributed by atoms with Crippen molar-refractivity contribution in [2.45, 2.75) is 36.2 Å². The number of aromatic nitrogens is 1. The smallest absolute Gasteiger partial charge is 0.242 e. The molecular weight excluding hydrogens is 306 g/mol. The summed E-state index contributed by atoms with van der Waals surface area (Å²) in [5.41, 5.74) is 5.84. The van der Waals surface area contributed by atoms with E-state index < -0.39 is 10.0 Å². The lowest BCUT2D eigenvalue weighted by atomic mass is 10.2. The minimum atomic E-state index is -3.52. The van der Waals surface area contributed by atoms with Crippen molar-refractivity contribution in [2.24, 2.45) is 5.73 Å². The van der Waals surface area contributed by atoms with Crippen molar-refractivity contribution in [3.05, 3.63) is 22.9 Å². The van der Waals surface area contributed by atoms with Gasteiger partial charge in [-0.1, -0.05) is 6.42 Å². The Bertz CT molecular complexity index is 506. The van der Waals surface area contributed by atoms with Crippen LogP contribution in [0.2, 0.25) is 0 Å². The maximum atomic E-state index is 12.1. The van der Waals surface area contributed by atoms with Crippen LogP contribution in [0.3, 0.4) is 0 Å². The molecule has 94 valence electrons. The molecule has 7 heteroatoms. The lowest BCUT2D eigenvalue weighted by Gasteiger charge is -2.17. The van der Waals surface area contributed by atoms with Gasteiger partial charge in [-0.05, 0) is 34.8 Å². The lowest BCUT2D eigenvalue weighted by Crippen LogP contribution is -2.43. The Balaban J connectivity index is 2.19. The third-order valence-corrected chi connectivity index (χ3v) is 4.76. The normalized spacial score (nSPS) is 25.1. The van der Waals surface area contributed by atoms with Gasteiger partial charge in [-0.2, -0.15) is 0 Å². The van der Waals surface area contributed by atoms with Crippen LogP contribution in [0, 0.1) is 0 Å². The molecule has 2 atom stereocenters. The molecule has 17 heavy (non-hydrogen) atoms. The average Bonchev–Trinajstić information content (AvgIpc) is 2.64. The fourth-order valence-electron chi connectivity index (χ4n) is 1.94. The summed E-state index contributed by atoms with van der Waals surface area (Å²) in [7, 11) is -3.52. The second-order valence-electron chi connectivity index (χ2n) is 4.16. The topological polar surface area (TPSA) is 85.1 Å². The molecule has 5 nitrogen and oxygen atoms in total. The Morgan fingerprint density at radius 3 is 2.76 bits per heavy atom. The zero-order chi connectivity index (χ0) is 12.5. The predicted molar refractivity (Wildman–Crippen MR) is 67.9 cm³/mol. The van der Waals surface area contributed by atoms with Crippen molar-refractivity contribution >= 4 is 26.0 Å². The van der Waals surface area contributed by atoms with Crippen LogP contribution >= 0.6 is 15.9 Å². The maximum Gasteiger partial charge on any atom is 0.242 e. The summed E-state index contributed by atoms with van der Waals surface area (Å²) in [6.45, 7) is 0. The highest BCUT2D eigenvalue weighted by atomic mass is 79.9. The van der Waals surface area contributed by atoms with E-state index in [4.69, 9.17) is 5.73 Å². The van der Waals surface area contributed by atoms with Gasteiger partial charge in [-0.15, -0.1) is 0 Å². The lowest BCUT2D eigenvalue weighted by molar-refractivity contribution is 0.522. The summed E-state index contributed by atoms with van der Waals surface area (Å²) in [4.78, 5) is 4.01. The highest BCUT2D eigenvalue weighted by Crippen LogP contribution is 2.20. The Hall–Kier alpha value is -0.500. The van der Waals surface area contributed by atoms with Crippen molar-refractivity contribution in [1.29, 1.82) is 0 Å². The SMILES string of the molecule is NC1CCCC1NS(=O)(=O)c1cncc(Br)c1. The molecule has 1 aliphatic carbocycles. The maximum absolute atomic E-state index is 12.1. The molecule has 0 aromatic carbocycles. The van der Waals surface area contributed by atoms with E-state index in [1.165, 1.54) is 12.3 Å². The molecule has 0 spiro atoms. The number of nitrogens with two attached hydrogens (primary N) is 1. The number of hydrogen-bond acceptors (Lipinski definition) is 4. The van der Waals surface area contributed by atoms with Gasteiger partial charge in [0.15, 0.2) is 0 Å². The van der Waals surface area contributed by atoms with Gasteiger partial charge >= 0.3 is 0 Å². The summed E-state index contributed by atoms with van der Waals surface area (Å²) in [5, 5.41) is 0. The largest absolute Gasteiger partial charge is 0.326 e. The summed E-state index contributed by atoms with van der Waals surface area (Å²) in [5.74, 6) is 0. The molecule has 0 radical (unpaired) electrons. The van der Waals surface area contributed by atoms with Gasteiger partial charge in [0, 0.05) is 29.0 Å². The summed E-state index contributed by atoms with van der Waals surface area (Å²) >= 11 is 3.20. The van der Waals surface area contributed by atoms with Gasteiger partial charge in [0.1, 0.15) is 4.90 Å². The minimum Gasteiger partial charge on any atom is -0.326 e. The number of hydrogen-bond donors (Lipinski definition) is 2. The van der Waals surface area contributed by atoms with Crippen LogP contribution in [0.5, 0.6) is 0 Å². The first-order chi connectivity index (χ1) is 7.99. The fourth-order valence-corrected chi connectivity index (χ4v) is 3.77. The van der Waals surface area contributed by atoms with Gasteiger partial charge in [0.05, 0.1) is 0 Å². The van der Waals surface area contributed by atoms with E-state index in [2.05, 4.69) is 25.6 Å². The number of pyridine rings is 1. The quantitative estimate of drug-likeness (QED) is 0.870. The first kappa shape index (κ1) is 12.9. The molecule has 1 heterocycles. The summed E-state index contributed by atoms with van der Waals surface area (Å²) < 4.78 is 27.4. The minimum absolute atomic E-state index is 0.0927. The van der Waals surface area contributed by atoms with Crippen LogP contribution in [0.4, 0.5) is 0 Å². The molecule has 0 bridgehead atoms. The van der Waals surface area contributed by atoms with Crippen LogP contribution < -0.4 is 10.5 Å². The molecule has 0 aliphatic heterocycles. The number of sulfonamides is 1. The van der Waals surface area contributed by atoms with E-state index >= 15 is 0 Å². The molecule has 2 rings (SSSR count). The van der Waals surface area contributed by atoms with E-state index in [1.54, 1.807) is 6.20 Å². The van der Waals surface area contributed by atoms with Crippen LogP contribution in [0.1, 0.15) is 19.3 Å². The van der Waals surface area contributed by atoms with Gasteiger partial charge < -0.3 is 5.73 Å².